The van der Waals surface area contributed by atoms with E-state index in [4.69, 9.17) is 10.5 Å². The van der Waals surface area contributed by atoms with Gasteiger partial charge in [0.15, 0.2) is 0 Å². The highest BCUT2D eigenvalue weighted by Gasteiger charge is 2.05. The monoisotopic (exact) mass is 154 g/mol. The van der Waals surface area contributed by atoms with Crippen LogP contribution in [0, 0.1) is 5.41 Å². The van der Waals surface area contributed by atoms with Crippen molar-refractivity contribution >= 4 is 6.21 Å². The van der Waals surface area contributed by atoms with Crippen LogP contribution in [0.4, 0.5) is 0 Å². The molecule has 1 unspecified atom stereocenters. The second-order valence-corrected chi connectivity index (χ2v) is 2.51. The van der Waals surface area contributed by atoms with Gasteiger partial charge in [0, 0.05) is 6.21 Å². The van der Waals surface area contributed by atoms with E-state index in [9.17, 15) is 0 Å². The smallest absolute Gasteiger partial charge is 0.243 e. The highest BCUT2D eigenvalue weighted by Crippen LogP contribution is 1.87. The van der Waals surface area contributed by atoms with Crippen molar-refractivity contribution in [1.82, 2.24) is 4.57 Å². The second-order valence-electron chi connectivity index (χ2n) is 2.51. The van der Waals surface area contributed by atoms with Gasteiger partial charge >= 0.3 is 0 Å². The molecule has 0 bridgehead atoms. The number of hydrogen-bond acceptors (Lipinski definition) is 2. The van der Waals surface area contributed by atoms with Crippen molar-refractivity contribution in [2.75, 3.05) is 0 Å². The molecule has 0 aliphatic carbocycles. The van der Waals surface area contributed by atoms with Gasteiger partial charge in [-0.3, -0.25) is 0 Å². The van der Waals surface area contributed by atoms with Crippen LogP contribution in [0.3, 0.4) is 0 Å². The third-order valence-electron chi connectivity index (χ3n) is 1.41. The van der Waals surface area contributed by atoms with Gasteiger partial charge in [0.25, 0.3) is 0 Å². The summed E-state index contributed by atoms with van der Waals surface area (Å²) in [6, 6.07) is 0. The number of imidazole rings is 1. The molecule has 0 saturated carbocycles. The summed E-state index contributed by atoms with van der Waals surface area (Å²) in [5, 5.41) is 15.8. The van der Waals surface area contributed by atoms with Gasteiger partial charge in [-0.15, -0.1) is 0 Å². The van der Waals surface area contributed by atoms with Crippen molar-refractivity contribution in [3.63, 3.8) is 0 Å². The van der Waals surface area contributed by atoms with E-state index in [0.717, 1.165) is 6.21 Å². The maximum atomic E-state index is 9.05. The first-order valence-corrected chi connectivity index (χ1v) is 3.42. The fourth-order valence-electron chi connectivity index (χ4n) is 0.878. The SMILES string of the molecule is C[n+]1ccn(CC(O)C=N)c1. The lowest BCUT2D eigenvalue weighted by Gasteiger charge is -1.98. The van der Waals surface area contributed by atoms with E-state index in [1.54, 1.807) is 0 Å². The van der Waals surface area contributed by atoms with E-state index in [1.165, 1.54) is 0 Å². The van der Waals surface area contributed by atoms with Crippen molar-refractivity contribution in [2.45, 2.75) is 12.6 Å². The van der Waals surface area contributed by atoms with E-state index < -0.39 is 6.10 Å². The molecule has 0 radical (unpaired) electrons. The van der Waals surface area contributed by atoms with Gasteiger partial charge in [0.2, 0.25) is 6.33 Å². The first-order chi connectivity index (χ1) is 5.22. The molecule has 4 heteroatoms. The molecule has 0 aliphatic heterocycles. The molecule has 60 valence electrons. The minimum atomic E-state index is -0.678. The molecule has 0 spiro atoms. The van der Waals surface area contributed by atoms with Crippen molar-refractivity contribution in [3.8, 4) is 0 Å². The summed E-state index contributed by atoms with van der Waals surface area (Å²) in [6.45, 7) is 0.449. The quantitative estimate of drug-likeness (QED) is 0.440. The number of aromatic nitrogens is 2. The molecular formula is C7H12N3O+. The molecule has 0 saturated heterocycles. The average Bonchev–Trinajstić information content (AvgIpc) is 2.35. The predicted octanol–water partition coefficient (Wildman–Crippen LogP) is -0.677. The van der Waals surface area contributed by atoms with E-state index in [0.29, 0.717) is 6.54 Å². The first kappa shape index (κ1) is 7.94. The molecule has 1 aromatic heterocycles. The van der Waals surface area contributed by atoms with Crippen LogP contribution < -0.4 is 4.57 Å². The largest absolute Gasteiger partial charge is 0.383 e. The Morgan fingerprint density at radius 2 is 2.55 bits per heavy atom. The Morgan fingerprint density at radius 3 is 3.00 bits per heavy atom. The van der Waals surface area contributed by atoms with Gasteiger partial charge in [-0.2, -0.15) is 0 Å². The fraction of sp³-hybridized carbons (Fsp3) is 0.429. The molecule has 0 aromatic carbocycles. The Hall–Kier alpha value is -1.16. The third kappa shape index (κ3) is 2.16. The molecule has 2 N–H and O–H groups in total. The topological polar surface area (TPSA) is 52.9 Å². The minimum absolute atomic E-state index is 0.449. The lowest BCUT2D eigenvalue weighted by atomic mass is 10.4. The van der Waals surface area contributed by atoms with Gasteiger partial charge in [-0.05, 0) is 0 Å². The number of rotatable bonds is 3. The van der Waals surface area contributed by atoms with E-state index in [-0.39, 0.29) is 0 Å². The maximum absolute atomic E-state index is 9.05. The van der Waals surface area contributed by atoms with Crippen LogP contribution in [-0.4, -0.2) is 22.0 Å². The van der Waals surface area contributed by atoms with Crippen LogP contribution in [0.2, 0.25) is 0 Å². The van der Waals surface area contributed by atoms with Crippen LogP contribution >= 0.6 is 0 Å². The Morgan fingerprint density at radius 1 is 1.82 bits per heavy atom. The lowest BCUT2D eigenvalue weighted by molar-refractivity contribution is -0.671. The highest BCUT2D eigenvalue weighted by molar-refractivity contribution is 5.58. The molecule has 0 aliphatic rings. The molecule has 11 heavy (non-hydrogen) atoms. The molecular weight excluding hydrogens is 142 g/mol. The van der Waals surface area contributed by atoms with Gasteiger partial charge in [0.1, 0.15) is 25.0 Å². The van der Waals surface area contributed by atoms with Crippen molar-refractivity contribution in [1.29, 1.82) is 5.41 Å². The number of nitrogens with one attached hydrogen (secondary N) is 1. The van der Waals surface area contributed by atoms with Gasteiger partial charge < -0.3 is 10.5 Å². The summed E-state index contributed by atoms with van der Waals surface area (Å²) in [4.78, 5) is 0. The normalized spacial score (nSPS) is 12.9. The molecule has 1 atom stereocenters. The van der Waals surface area contributed by atoms with Gasteiger partial charge in [0.05, 0.1) is 7.05 Å². The number of aryl methyl sites for hydroxylation is 1. The van der Waals surface area contributed by atoms with E-state index in [2.05, 4.69) is 0 Å². The van der Waals surface area contributed by atoms with Crippen LogP contribution in [0.15, 0.2) is 18.7 Å². The fourth-order valence-corrected chi connectivity index (χ4v) is 0.878. The molecule has 1 rings (SSSR count). The number of hydrogen-bond donors (Lipinski definition) is 2. The standard InChI is InChI=1S/C7H12N3O/c1-9-2-3-10(6-9)5-7(11)4-8/h2-4,6-8,11H,5H2,1H3/q+1. The molecule has 1 heterocycles. The third-order valence-corrected chi connectivity index (χ3v) is 1.41. The van der Waals surface area contributed by atoms with Crippen LogP contribution in [0.5, 0.6) is 0 Å². The summed E-state index contributed by atoms with van der Waals surface area (Å²) >= 11 is 0. The van der Waals surface area contributed by atoms with E-state index in [1.807, 2.05) is 34.9 Å². The zero-order valence-corrected chi connectivity index (χ0v) is 6.44. The molecule has 0 amide bonds. The Bertz CT molecular complexity index is 244. The predicted molar refractivity (Wildman–Crippen MR) is 40.4 cm³/mol. The maximum Gasteiger partial charge on any atom is 0.243 e. The Balaban J connectivity index is 2.57. The number of nitrogens with zero attached hydrogens (tertiary/aromatic N) is 2. The summed E-state index contributed by atoms with van der Waals surface area (Å²) < 4.78 is 3.71. The second kappa shape index (κ2) is 3.30. The van der Waals surface area contributed by atoms with Crippen molar-refractivity contribution in [2.24, 2.45) is 7.05 Å². The zero-order valence-electron chi connectivity index (χ0n) is 6.44. The summed E-state index contributed by atoms with van der Waals surface area (Å²) in [5.41, 5.74) is 0. The number of aliphatic hydroxyl groups excluding tert-OH is 1. The summed E-state index contributed by atoms with van der Waals surface area (Å²) in [7, 11) is 1.91. The van der Waals surface area contributed by atoms with Gasteiger partial charge in [-0.25, -0.2) is 9.13 Å². The Labute approximate surface area is 65.2 Å². The summed E-state index contributed by atoms with van der Waals surface area (Å²) in [6.07, 6.45) is 5.94. The van der Waals surface area contributed by atoms with Crippen LogP contribution in [-0.2, 0) is 13.6 Å². The average molecular weight is 154 g/mol. The lowest BCUT2D eigenvalue weighted by Crippen LogP contribution is -2.25. The summed E-state index contributed by atoms with van der Waals surface area (Å²) in [5.74, 6) is 0. The number of aliphatic hydroxyl groups is 1. The van der Waals surface area contributed by atoms with Crippen LogP contribution in [0.25, 0.3) is 0 Å². The van der Waals surface area contributed by atoms with Crippen molar-refractivity contribution < 1.29 is 9.67 Å². The Kier molecular flexibility index (Phi) is 2.38. The minimum Gasteiger partial charge on any atom is -0.383 e. The van der Waals surface area contributed by atoms with Gasteiger partial charge in [-0.1, -0.05) is 0 Å². The van der Waals surface area contributed by atoms with E-state index >= 15 is 0 Å². The molecule has 1 aromatic rings. The molecule has 0 fully saturated rings. The van der Waals surface area contributed by atoms with Crippen molar-refractivity contribution in [3.05, 3.63) is 18.7 Å². The highest BCUT2D eigenvalue weighted by atomic mass is 16.3. The first-order valence-electron chi connectivity index (χ1n) is 3.42. The zero-order chi connectivity index (χ0) is 8.27. The molecule has 4 nitrogen and oxygen atoms in total. The van der Waals surface area contributed by atoms with Crippen LogP contribution in [0.1, 0.15) is 0 Å².